The van der Waals surface area contributed by atoms with E-state index in [0.29, 0.717) is 17.5 Å². The summed E-state index contributed by atoms with van der Waals surface area (Å²) in [5, 5.41) is 8.16. The Morgan fingerprint density at radius 3 is 2.73 bits per heavy atom. The van der Waals surface area contributed by atoms with Crippen LogP contribution in [0.25, 0.3) is 0 Å². The van der Waals surface area contributed by atoms with Gasteiger partial charge in [0.25, 0.3) is 0 Å². The Kier molecular flexibility index (Phi) is 4.85. The van der Waals surface area contributed by atoms with Crippen molar-refractivity contribution in [2.24, 2.45) is 5.92 Å². The molecule has 2 aromatic rings. The average molecular weight is 375 g/mol. The molecule has 1 N–H and O–H groups in total. The highest BCUT2D eigenvalue weighted by molar-refractivity contribution is 6.30. The summed E-state index contributed by atoms with van der Waals surface area (Å²) in [5.41, 5.74) is 0.879. The van der Waals surface area contributed by atoms with Crippen LogP contribution in [0.1, 0.15) is 49.5 Å². The van der Waals surface area contributed by atoms with Crippen LogP contribution in [0.2, 0.25) is 5.02 Å². The number of nitrogens with zero attached hydrogens (tertiary/aromatic N) is 3. The Balaban J connectivity index is 1.48. The fourth-order valence-electron chi connectivity index (χ4n) is 3.66. The number of benzene rings is 1. The molecule has 0 bridgehead atoms. The van der Waals surface area contributed by atoms with Gasteiger partial charge in [0.2, 0.25) is 5.91 Å². The highest BCUT2D eigenvalue weighted by atomic mass is 35.5. The van der Waals surface area contributed by atoms with E-state index in [-0.39, 0.29) is 24.2 Å². The van der Waals surface area contributed by atoms with E-state index in [1.54, 1.807) is 4.57 Å². The molecule has 1 fully saturated rings. The van der Waals surface area contributed by atoms with E-state index in [0.717, 1.165) is 49.9 Å². The van der Waals surface area contributed by atoms with Crippen molar-refractivity contribution in [1.82, 2.24) is 19.7 Å². The first-order valence-electron chi connectivity index (χ1n) is 9.33. The smallest absolute Gasteiger partial charge is 0.346 e. The van der Waals surface area contributed by atoms with E-state index in [1.165, 1.54) is 4.68 Å². The summed E-state index contributed by atoms with van der Waals surface area (Å²) in [7, 11) is 0. The Morgan fingerprint density at radius 1 is 1.23 bits per heavy atom. The molecule has 0 radical (unpaired) electrons. The van der Waals surface area contributed by atoms with Crippen molar-refractivity contribution >= 4 is 17.5 Å². The van der Waals surface area contributed by atoms with Crippen molar-refractivity contribution in [1.29, 1.82) is 0 Å². The zero-order valence-corrected chi connectivity index (χ0v) is 15.4. The fourth-order valence-corrected chi connectivity index (χ4v) is 3.78. The number of fused-ring (bicyclic) bond motifs is 1. The molecule has 7 heteroatoms. The summed E-state index contributed by atoms with van der Waals surface area (Å²) >= 11 is 5.97. The standard InChI is InChI=1S/C19H23ClN4O2/c20-15-9-7-14(8-10-15)18(13-5-6-13)21-17(25)12-24-19(26)23-11-3-1-2-4-16(23)22-24/h7-10,13,18H,1-6,11-12H2,(H,21,25). The summed E-state index contributed by atoms with van der Waals surface area (Å²) in [6.45, 7) is 0.668. The van der Waals surface area contributed by atoms with Crippen LogP contribution in [0.15, 0.2) is 29.1 Å². The van der Waals surface area contributed by atoms with E-state index in [9.17, 15) is 9.59 Å². The number of rotatable bonds is 5. The largest absolute Gasteiger partial charge is 0.347 e. The van der Waals surface area contributed by atoms with Gasteiger partial charge in [0, 0.05) is 18.0 Å². The molecule has 138 valence electrons. The molecule has 1 amide bonds. The highest BCUT2D eigenvalue weighted by Gasteiger charge is 2.33. The van der Waals surface area contributed by atoms with E-state index in [4.69, 9.17) is 11.6 Å². The number of carbonyl (C=O) groups excluding carboxylic acids is 1. The third-order valence-electron chi connectivity index (χ3n) is 5.21. The van der Waals surface area contributed by atoms with E-state index < -0.39 is 0 Å². The van der Waals surface area contributed by atoms with Gasteiger partial charge in [-0.3, -0.25) is 9.36 Å². The number of halogens is 1. The third kappa shape index (κ3) is 3.70. The lowest BCUT2D eigenvalue weighted by Crippen LogP contribution is -2.36. The van der Waals surface area contributed by atoms with Crippen molar-refractivity contribution in [2.75, 3.05) is 0 Å². The Bertz CT molecular complexity index is 851. The minimum Gasteiger partial charge on any atom is -0.347 e. The first-order chi connectivity index (χ1) is 12.6. The lowest BCUT2D eigenvalue weighted by Gasteiger charge is -2.18. The van der Waals surface area contributed by atoms with Gasteiger partial charge in [-0.25, -0.2) is 9.48 Å². The second kappa shape index (κ2) is 7.27. The topological polar surface area (TPSA) is 68.9 Å². The second-order valence-corrected chi connectivity index (χ2v) is 7.69. The molecular weight excluding hydrogens is 352 g/mol. The zero-order chi connectivity index (χ0) is 18.1. The Labute approximate surface area is 157 Å². The van der Waals surface area contributed by atoms with Gasteiger partial charge in [0.05, 0.1) is 6.04 Å². The molecule has 4 rings (SSSR count). The quantitative estimate of drug-likeness (QED) is 0.874. The highest BCUT2D eigenvalue weighted by Crippen LogP contribution is 2.41. The second-order valence-electron chi connectivity index (χ2n) is 7.25. The number of nitrogens with one attached hydrogen (secondary N) is 1. The van der Waals surface area contributed by atoms with Crippen LogP contribution in [0.4, 0.5) is 0 Å². The number of aryl methyl sites for hydroxylation is 1. The zero-order valence-electron chi connectivity index (χ0n) is 14.7. The van der Waals surface area contributed by atoms with Crippen molar-refractivity contribution in [3.8, 4) is 0 Å². The molecule has 26 heavy (non-hydrogen) atoms. The SMILES string of the molecule is O=C(Cn1nc2n(c1=O)CCCCC2)NC(c1ccc(Cl)cc1)C1CC1. The normalized spacial score (nSPS) is 18.0. The van der Waals surface area contributed by atoms with Crippen LogP contribution < -0.4 is 11.0 Å². The van der Waals surface area contributed by atoms with E-state index in [2.05, 4.69) is 10.4 Å². The molecule has 1 saturated carbocycles. The van der Waals surface area contributed by atoms with Crippen LogP contribution in [-0.2, 0) is 24.3 Å². The summed E-state index contributed by atoms with van der Waals surface area (Å²) in [4.78, 5) is 25.1. The maximum absolute atomic E-state index is 12.6. The van der Waals surface area contributed by atoms with Gasteiger partial charge in [0.1, 0.15) is 12.4 Å². The molecule has 6 nitrogen and oxygen atoms in total. The third-order valence-corrected chi connectivity index (χ3v) is 5.47. The van der Waals surface area contributed by atoms with Crippen LogP contribution in [-0.4, -0.2) is 20.3 Å². The number of hydrogen-bond donors (Lipinski definition) is 1. The van der Waals surface area contributed by atoms with E-state index in [1.807, 2.05) is 24.3 Å². The molecule has 0 spiro atoms. The number of aromatic nitrogens is 3. The summed E-state index contributed by atoms with van der Waals surface area (Å²) in [6, 6.07) is 7.56. The first kappa shape index (κ1) is 17.3. The molecule has 2 heterocycles. The van der Waals surface area contributed by atoms with Crippen molar-refractivity contribution < 1.29 is 4.79 Å². The Morgan fingerprint density at radius 2 is 2.00 bits per heavy atom. The molecular formula is C19H23ClN4O2. The molecule has 1 aromatic heterocycles. The number of carbonyl (C=O) groups is 1. The maximum atomic E-state index is 12.6. The molecule has 1 aliphatic carbocycles. The summed E-state index contributed by atoms with van der Waals surface area (Å²) < 4.78 is 3.03. The van der Waals surface area contributed by atoms with Crippen molar-refractivity contribution in [3.05, 3.63) is 51.2 Å². The predicted molar refractivity (Wildman–Crippen MR) is 99.1 cm³/mol. The minimum absolute atomic E-state index is 0.0316. The Hall–Kier alpha value is -2.08. The number of hydrogen-bond acceptors (Lipinski definition) is 3. The predicted octanol–water partition coefficient (Wildman–Crippen LogP) is 2.69. The number of amides is 1. The maximum Gasteiger partial charge on any atom is 0.346 e. The van der Waals surface area contributed by atoms with Crippen LogP contribution >= 0.6 is 11.6 Å². The van der Waals surface area contributed by atoms with Crippen LogP contribution in [0.3, 0.4) is 0 Å². The van der Waals surface area contributed by atoms with Gasteiger partial charge in [0.15, 0.2) is 0 Å². The lowest BCUT2D eigenvalue weighted by molar-refractivity contribution is -0.122. The van der Waals surface area contributed by atoms with Gasteiger partial charge >= 0.3 is 5.69 Å². The van der Waals surface area contributed by atoms with E-state index >= 15 is 0 Å². The summed E-state index contributed by atoms with van der Waals surface area (Å²) in [5.74, 6) is 1.08. The van der Waals surface area contributed by atoms with Gasteiger partial charge in [-0.15, -0.1) is 0 Å². The average Bonchev–Trinajstić information content (AvgIpc) is 3.44. The molecule has 2 aliphatic rings. The van der Waals surface area contributed by atoms with Crippen LogP contribution in [0, 0.1) is 5.92 Å². The van der Waals surface area contributed by atoms with Gasteiger partial charge in [-0.2, -0.15) is 5.10 Å². The van der Waals surface area contributed by atoms with Gasteiger partial charge in [-0.05, 0) is 49.3 Å². The monoisotopic (exact) mass is 374 g/mol. The van der Waals surface area contributed by atoms with Crippen LogP contribution in [0.5, 0.6) is 0 Å². The van der Waals surface area contributed by atoms with Crippen molar-refractivity contribution in [2.45, 2.75) is 57.7 Å². The van der Waals surface area contributed by atoms with Gasteiger partial charge in [-0.1, -0.05) is 30.2 Å². The first-order valence-corrected chi connectivity index (χ1v) is 9.71. The van der Waals surface area contributed by atoms with Crippen molar-refractivity contribution in [3.63, 3.8) is 0 Å². The molecule has 1 aliphatic heterocycles. The molecule has 0 saturated heterocycles. The molecule has 1 aromatic carbocycles. The summed E-state index contributed by atoms with van der Waals surface area (Å²) in [6.07, 6.45) is 6.17. The molecule has 1 unspecified atom stereocenters. The van der Waals surface area contributed by atoms with Gasteiger partial charge < -0.3 is 5.32 Å². The molecule has 1 atom stereocenters. The lowest BCUT2D eigenvalue weighted by atomic mass is 10.0. The minimum atomic E-state index is -0.175. The fraction of sp³-hybridized carbons (Fsp3) is 0.526.